The molecule has 0 saturated carbocycles. The van der Waals surface area contributed by atoms with E-state index in [0.717, 1.165) is 0 Å². The third-order valence-corrected chi connectivity index (χ3v) is 2.28. The van der Waals surface area contributed by atoms with Gasteiger partial charge in [-0.3, -0.25) is 9.89 Å². The van der Waals surface area contributed by atoms with Gasteiger partial charge in [0, 0.05) is 11.9 Å². The largest absolute Gasteiger partial charge is 0.282 e. The highest BCUT2D eigenvalue weighted by atomic mass is 32.1. The number of carbonyl (C=O) groups excluding carboxylic acids is 1. The summed E-state index contributed by atoms with van der Waals surface area (Å²) in [5, 5.41) is 6.53. The zero-order valence-electron chi connectivity index (χ0n) is 8.64. The van der Waals surface area contributed by atoms with E-state index in [2.05, 4.69) is 14.6 Å². The maximum absolute atomic E-state index is 11.5. The topological polar surface area (TPSA) is 75.2 Å². The number of nitrogens with one attached hydrogen (secondary N) is 1. The van der Waals surface area contributed by atoms with Gasteiger partial charge in [-0.2, -0.15) is 9.31 Å². The summed E-state index contributed by atoms with van der Waals surface area (Å²) in [6, 6.07) is 1.73. The summed E-state index contributed by atoms with van der Waals surface area (Å²) >= 11 is -0.0464. The zero-order chi connectivity index (χ0) is 11.3. The lowest BCUT2D eigenvalue weighted by atomic mass is 9.94. The predicted molar refractivity (Wildman–Crippen MR) is 56.4 cm³/mol. The molecule has 1 aromatic heterocycles. The fourth-order valence-electron chi connectivity index (χ4n) is 1.39. The van der Waals surface area contributed by atoms with Crippen LogP contribution in [0.25, 0.3) is 0 Å². The first-order chi connectivity index (χ1) is 7.15. The maximum Gasteiger partial charge on any atom is 0.267 e. The van der Waals surface area contributed by atoms with Crippen molar-refractivity contribution in [1.82, 2.24) is 10.2 Å². The molecule has 0 aliphatic carbocycles. The van der Waals surface area contributed by atoms with Crippen LogP contribution in [-0.2, 0) is 16.3 Å². The van der Waals surface area contributed by atoms with Crippen LogP contribution < -0.4 is 0 Å². The number of hydrogen-bond acceptors (Lipinski definition) is 3. The van der Waals surface area contributed by atoms with E-state index in [0.29, 0.717) is 18.0 Å². The highest BCUT2D eigenvalue weighted by Gasteiger charge is 2.22. The summed E-state index contributed by atoms with van der Waals surface area (Å²) < 4.78 is 13.5. The molecule has 0 fully saturated rings. The Kier molecular flexibility index (Phi) is 4.36. The third-order valence-electron chi connectivity index (χ3n) is 2.03. The van der Waals surface area contributed by atoms with E-state index < -0.39 is 5.91 Å². The molecule has 6 heteroatoms. The minimum Gasteiger partial charge on any atom is -0.282 e. The number of aromatic nitrogens is 2. The second-order valence-electron chi connectivity index (χ2n) is 3.70. The molecule has 0 saturated heterocycles. The van der Waals surface area contributed by atoms with E-state index in [4.69, 9.17) is 0 Å². The van der Waals surface area contributed by atoms with Gasteiger partial charge >= 0.3 is 0 Å². The standard InChI is InChI=1S/C9H13N3O2S/c1-6(2)5-7(9(13)12-15-14)8-3-4-10-11-8/h3-4,6-7H,5H2,1-2H3,(H,10,11). The van der Waals surface area contributed by atoms with Gasteiger partial charge in [0.05, 0.1) is 5.92 Å². The first-order valence-electron chi connectivity index (χ1n) is 4.68. The number of carbonyl (C=O) groups is 1. The maximum atomic E-state index is 11.5. The SMILES string of the molecule is CC(C)CC(C(=O)N=S=O)c1ccn[nH]1. The Morgan fingerprint density at radius 3 is 2.87 bits per heavy atom. The third kappa shape index (κ3) is 3.39. The number of nitrogens with zero attached hydrogens (tertiary/aromatic N) is 2. The van der Waals surface area contributed by atoms with E-state index >= 15 is 0 Å². The van der Waals surface area contributed by atoms with Gasteiger partial charge in [0.15, 0.2) is 0 Å². The molecule has 1 heterocycles. The summed E-state index contributed by atoms with van der Waals surface area (Å²) in [6.45, 7) is 4.03. The molecule has 1 unspecified atom stereocenters. The van der Waals surface area contributed by atoms with Gasteiger partial charge in [0.1, 0.15) is 0 Å². The number of H-pyrrole nitrogens is 1. The average molecular weight is 227 g/mol. The summed E-state index contributed by atoms with van der Waals surface area (Å²) in [6.07, 6.45) is 2.24. The molecule has 15 heavy (non-hydrogen) atoms. The lowest BCUT2D eigenvalue weighted by molar-refractivity contribution is -0.119. The molecule has 1 aromatic rings. The van der Waals surface area contributed by atoms with Crippen molar-refractivity contribution in [3.63, 3.8) is 0 Å². The van der Waals surface area contributed by atoms with Gasteiger partial charge in [-0.1, -0.05) is 13.8 Å². The molecule has 82 valence electrons. The van der Waals surface area contributed by atoms with Crippen molar-refractivity contribution >= 4 is 17.4 Å². The van der Waals surface area contributed by atoms with Crippen molar-refractivity contribution in [2.75, 3.05) is 0 Å². The van der Waals surface area contributed by atoms with Gasteiger partial charge in [0.25, 0.3) is 5.91 Å². The van der Waals surface area contributed by atoms with Crippen LogP contribution in [0, 0.1) is 5.92 Å². The normalized spacial score (nSPS) is 12.5. The van der Waals surface area contributed by atoms with Gasteiger partial charge < -0.3 is 0 Å². The van der Waals surface area contributed by atoms with Crippen LogP contribution in [0.4, 0.5) is 0 Å². The fourth-order valence-corrected chi connectivity index (χ4v) is 1.59. The van der Waals surface area contributed by atoms with Crippen molar-refractivity contribution in [2.45, 2.75) is 26.2 Å². The smallest absolute Gasteiger partial charge is 0.267 e. The second kappa shape index (κ2) is 5.55. The molecule has 0 aromatic carbocycles. The van der Waals surface area contributed by atoms with Gasteiger partial charge in [-0.15, -0.1) is 4.36 Å². The fraction of sp³-hybridized carbons (Fsp3) is 0.556. The molecule has 0 bridgehead atoms. The predicted octanol–water partition coefficient (Wildman–Crippen LogP) is 1.46. The van der Waals surface area contributed by atoms with Crippen LogP contribution in [0.1, 0.15) is 31.9 Å². The Morgan fingerprint density at radius 1 is 1.67 bits per heavy atom. The molecule has 1 amide bonds. The van der Waals surface area contributed by atoms with Crippen LogP contribution in [-0.4, -0.2) is 20.3 Å². The Morgan fingerprint density at radius 2 is 2.40 bits per heavy atom. The minimum atomic E-state index is -0.395. The van der Waals surface area contributed by atoms with Gasteiger partial charge in [-0.05, 0) is 18.4 Å². The van der Waals surface area contributed by atoms with E-state index in [-0.39, 0.29) is 17.4 Å². The molecule has 1 atom stereocenters. The first-order valence-corrected chi connectivity index (χ1v) is 5.38. The van der Waals surface area contributed by atoms with E-state index in [9.17, 15) is 9.00 Å². The van der Waals surface area contributed by atoms with E-state index in [1.54, 1.807) is 12.3 Å². The van der Waals surface area contributed by atoms with Crippen LogP contribution in [0.3, 0.4) is 0 Å². The summed E-state index contributed by atoms with van der Waals surface area (Å²) in [5.41, 5.74) is 0.714. The quantitative estimate of drug-likeness (QED) is 0.846. The minimum absolute atomic E-state index is 0.0464. The molecule has 0 radical (unpaired) electrons. The Hall–Kier alpha value is -1.30. The summed E-state index contributed by atoms with van der Waals surface area (Å²) in [4.78, 5) is 11.5. The van der Waals surface area contributed by atoms with Crippen molar-refractivity contribution in [1.29, 1.82) is 0 Å². The van der Waals surface area contributed by atoms with Crippen molar-refractivity contribution in [3.8, 4) is 0 Å². The second-order valence-corrected chi connectivity index (χ2v) is 4.03. The monoisotopic (exact) mass is 227 g/mol. The van der Waals surface area contributed by atoms with E-state index in [1.165, 1.54) is 0 Å². The lowest BCUT2D eigenvalue weighted by Crippen LogP contribution is -2.13. The highest BCUT2D eigenvalue weighted by Crippen LogP contribution is 2.23. The highest BCUT2D eigenvalue weighted by molar-refractivity contribution is 7.55. The van der Waals surface area contributed by atoms with Crippen LogP contribution in [0.15, 0.2) is 16.6 Å². The molecule has 1 N–H and O–H groups in total. The van der Waals surface area contributed by atoms with Crippen molar-refractivity contribution in [3.05, 3.63) is 18.0 Å². The van der Waals surface area contributed by atoms with E-state index in [1.807, 2.05) is 13.8 Å². The van der Waals surface area contributed by atoms with Crippen LogP contribution in [0.2, 0.25) is 0 Å². The molecule has 5 nitrogen and oxygen atoms in total. The number of aromatic amines is 1. The first kappa shape index (κ1) is 11.8. The molecule has 1 rings (SSSR count). The van der Waals surface area contributed by atoms with Crippen LogP contribution in [0.5, 0.6) is 0 Å². The number of amides is 1. The molecular formula is C9H13N3O2S. The lowest BCUT2D eigenvalue weighted by Gasteiger charge is -2.12. The molecular weight excluding hydrogens is 214 g/mol. The van der Waals surface area contributed by atoms with Crippen molar-refractivity contribution in [2.24, 2.45) is 10.3 Å². The van der Waals surface area contributed by atoms with Crippen molar-refractivity contribution < 1.29 is 9.00 Å². The molecule has 0 aliphatic rings. The van der Waals surface area contributed by atoms with Crippen LogP contribution >= 0.6 is 0 Å². The number of rotatable bonds is 4. The molecule has 0 spiro atoms. The number of hydrogen-bond donors (Lipinski definition) is 1. The molecule has 0 aliphatic heterocycles. The average Bonchev–Trinajstić information content (AvgIpc) is 2.66. The Bertz CT molecular complexity index is 369. The Labute approximate surface area is 91.5 Å². The van der Waals surface area contributed by atoms with Gasteiger partial charge in [0.2, 0.25) is 11.5 Å². The zero-order valence-corrected chi connectivity index (χ0v) is 9.45. The Balaban J connectivity index is 2.88. The summed E-state index contributed by atoms with van der Waals surface area (Å²) in [5.74, 6) is -0.420. The summed E-state index contributed by atoms with van der Waals surface area (Å²) in [7, 11) is 0. The van der Waals surface area contributed by atoms with Gasteiger partial charge in [-0.25, -0.2) is 0 Å².